The summed E-state index contributed by atoms with van der Waals surface area (Å²) in [4.78, 5) is 5.07. The van der Waals surface area contributed by atoms with Gasteiger partial charge in [0, 0.05) is 44.1 Å². The Morgan fingerprint density at radius 1 is 0.611 bits per heavy atom. The van der Waals surface area contributed by atoms with Gasteiger partial charge in [0.2, 0.25) is 11.6 Å². The van der Waals surface area contributed by atoms with Crippen LogP contribution in [0.2, 0.25) is 30.3 Å². The van der Waals surface area contributed by atoms with Crippen molar-refractivity contribution in [1.82, 2.24) is 4.98 Å². The zero-order valence-corrected chi connectivity index (χ0v) is 42.6. The molecular weight excluding hydrogens is 1050 g/mol. The summed E-state index contributed by atoms with van der Waals surface area (Å²) >= 11 is 57.8. The third-order valence-electron chi connectivity index (χ3n) is 5.21. The molecule has 0 aliphatic heterocycles. The van der Waals surface area contributed by atoms with Gasteiger partial charge in [0.05, 0.1) is 59.8 Å². The molecule has 24 heteroatoms. The number of aromatic nitrogens is 1. The first kappa shape index (κ1) is 53.8. The monoisotopic (exact) mass is 1080 g/mol. The molecule has 2 aromatic carbocycles. The third-order valence-corrected chi connectivity index (χ3v) is 19.8. The van der Waals surface area contributed by atoms with E-state index in [1.54, 1.807) is 49.1 Å². The van der Waals surface area contributed by atoms with Gasteiger partial charge in [-0.05, 0) is 106 Å². The Hall–Kier alpha value is 1.82. The first-order chi connectivity index (χ1) is 25.4. The molecule has 306 valence electrons. The molecule has 0 unspecified atom stereocenters. The van der Waals surface area contributed by atoms with Gasteiger partial charge >= 0.3 is 13.4 Å². The fraction of sp³-hybridized carbons (Fsp3) is 0.433. The second-order valence-corrected chi connectivity index (χ2v) is 26.0. The Morgan fingerprint density at radius 2 is 1.09 bits per heavy atom. The molecule has 9 nitrogen and oxygen atoms in total. The predicted octanol–water partition coefficient (Wildman–Crippen LogP) is 15.6. The average Bonchev–Trinajstić information content (AvgIpc) is 3.08. The number of hydrogen-bond acceptors (Lipinski definition) is 14. The minimum Gasteiger partial charge on any atom is -0.422 e. The fourth-order valence-corrected chi connectivity index (χ4v) is 15.9. The van der Waals surface area contributed by atoms with E-state index in [4.69, 9.17) is 141 Å². The number of hydrogen-bond donors (Lipinski definition) is 0. The zero-order chi connectivity index (χ0) is 41.0. The molecule has 0 amide bonds. The maximum absolute atomic E-state index is 6.05. The van der Waals surface area contributed by atoms with Gasteiger partial charge in [-0.2, -0.15) is 4.98 Å². The van der Waals surface area contributed by atoms with E-state index < -0.39 is 19.1 Å². The van der Waals surface area contributed by atoms with Crippen LogP contribution in [-0.2, 0) is 62.6 Å². The molecule has 0 bridgehead atoms. The van der Waals surface area contributed by atoms with Crippen LogP contribution in [0.15, 0.2) is 51.8 Å². The highest BCUT2D eigenvalue weighted by Gasteiger charge is 2.25. The van der Waals surface area contributed by atoms with Crippen molar-refractivity contribution >= 4 is 163 Å². The summed E-state index contributed by atoms with van der Waals surface area (Å²) in [5, 5.41) is 2.93. The average molecular weight is 1090 g/mol. The van der Waals surface area contributed by atoms with Crippen molar-refractivity contribution < 1.29 is 36.2 Å². The van der Waals surface area contributed by atoms with Gasteiger partial charge in [-0.25, -0.2) is 0 Å². The molecule has 0 spiro atoms. The summed E-state index contributed by atoms with van der Waals surface area (Å²) < 4.78 is 44.2. The van der Waals surface area contributed by atoms with E-state index >= 15 is 0 Å². The van der Waals surface area contributed by atoms with Crippen LogP contribution >= 0.6 is 128 Å². The topological polar surface area (TPSA) is 86.7 Å². The zero-order valence-electron chi connectivity index (χ0n) is 29.7. The Kier molecular flexibility index (Phi) is 28.3. The van der Waals surface area contributed by atoms with Crippen LogP contribution in [0.3, 0.4) is 0 Å². The second-order valence-electron chi connectivity index (χ2n) is 9.12. The molecule has 1 aromatic heterocycles. The van der Waals surface area contributed by atoms with Gasteiger partial charge in [0.15, 0.2) is 5.15 Å². The predicted molar refractivity (Wildman–Crippen MR) is 247 cm³/mol. The Balaban J connectivity index is 0.000000405. The number of thioether (sulfide) groups is 1. The van der Waals surface area contributed by atoms with Gasteiger partial charge in [-0.3, -0.25) is 18.1 Å². The molecule has 0 saturated carbocycles. The second kappa shape index (κ2) is 28.4. The van der Waals surface area contributed by atoms with Crippen LogP contribution < -0.4 is 9.05 Å². The molecule has 0 aliphatic rings. The first-order valence-electron chi connectivity index (χ1n) is 15.7. The van der Waals surface area contributed by atoms with Crippen LogP contribution in [0.5, 0.6) is 11.6 Å². The van der Waals surface area contributed by atoms with E-state index in [2.05, 4.69) is 20.9 Å². The summed E-state index contributed by atoms with van der Waals surface area (Å²) in [6.45, 7) is 8.04. The quantitative estimate of drug-likeness (QED) is 0.0354. The molecule has 54 heavy (non-hydrogen) atoms. The molecule has 3 aromatic rings. The molecule has 0 aliphatic carbocycles. The lowest BCUT2D eigenvalue weighted by Crippen LogP contribution is -2.03. The summed E-state index contributed by atoms with van der Waals surface area (Å²) in [7, 11) is 0. The highest BCUT2D eigenvalue weighted by Crippen LogP contribution is 2.62. The Bertz CT molecular complexity index is 1630. The minimum absolute atomic E-state index is 0.0521. The van der Waals surface area contributed by atoms with Gasteiger partial charge in [-0.15, -0.1) is 11.8 Å². The van der Waals surface area contributed by atoms with Crippen LogP contribution in [0, 0.1) is 0 Å². The highest BCUT2D eigenvalue weighted by atomic mass is 79.9. The van der Waals surface area contributed by atoms with E-state index in [9.17, 15) is 0 Å². The van der Waals surface area contributed by atoms with E-state index in [0.29, 0.717) is 59.9 Å². The lowest BCUT2D eigenvalue weighted by molar-refractivity contribution is 0.215. The molecular formula is C30H39BrCl6NO8P3S5. The third kappa shape index (κ3) is 20.9. The van der Waals surface area contributed by atoms with E-state index in [0.717, 1.165) is 10.1 Å². The molecule has 0 N–H and O–H groups in total. The molecule has 0 saturated heterocycles. The maximum Gasteiger partial charge on any atom is 0.381 e. The van der Waals surface area contributed by atoms with Crippen molar-refractivity contribution in [3.05, 3.63) is 77.2 Å². The lowest BCUT2D eigenvalue weighted by Gasteiger charge is -2.21. The molecule has 0 atom stereocenters. The van der Waals surface area contributed by atoms with Crippen molar-refractivity contribution in [1.29, 1.82) is 0 Å². The van der Waals surface area contributed by atoms with Crippen LogP contribution in [0.25, 0.3) is 0 Å². The van der Waals surface area contributed by atoms with Crippen molar-refractivity contribution in [2.24, 2.45) is 0 Å². The SMILES string of the molecule is CCOP(=S)(OCC)Oc1cc(Cl)c(Br)cc1Cl.CCOP(=S)(OCC)Oc1nc(Cl)c(Cl)cc1Cl.CCOP(=S)(OCC)SCSc1ccc(Cl)cc1. The van der Waals surface area contributed by atoms with E-state index in [1.165, 1.54) is 11.0 Å². The summed E-state index contributed by atoms with van der Waals surface area (Å²) in [6.07, 6.45) is 0. The molecule has 3 rings (SSSR count). The van der Waals surface area contributed by atoms with Gasteiger partial charge < -0.3 is 18.1 Å². The molecule has 1 heterocycles. The largest absolute Gasteiger partial charge is 0.422 e. The van der Waals surface area contributed by atoms with Gasteiger partial charge in [-0.1, -0.05) is 81.0 Å². The van der Waals surface area contributed by atoms with Gasteiger partial charge in [0.1, 0.15) is 10.8 Å². The fourth-order valence-electron chi connectivity index (χ4n) is 3.22. The van der Waals surface area contributed by atoms with Crippen molar-refractivity contribution in [3.63, 3.8) is 0 Å². The van der Waals surface area contributed by atoms with Crippen LogP contribution in [0.1, 0.15) is 41.5 Å². The van der Waals surface area contributed by atoms with Gasteiger partial charge in [0.25, 0.3) is 0 Å². The minimum atomic E-state index is -2.92. The Labute approximate surface area is 380 Å². The van der Waals surface area contributed by atoms with Crippen molar-refractivity contribution in [2.45, 2.75) is 46.4 Å². The highest BCUT2D eigenvalue weighted by molar-refractivity contribution is 9.10. The van der Waals surface area contributed by atoms with Crippen molar-refractivity contribution in [3.8, 4) is 11.6 Å². The van der Waals surface area contributed by atoms with E-state index in [1.807, 2.05) is 52.0 Å². The number of nitrogens with zero attached hydrogens (tertiary/aromatic N) is 1. The maximum atomic E-state index is 6.05. The lowest BCUT2D eigenvalue weighted by atomic mass is 10.3. The summed E-state index contributed by atoms with van der Waals surface area (Å²) in [5.74, 6) is 0.409. The smallest absolute Gasteiger partial charge is 0.381 e. The molecule has 0 radical (unpaired) electrons. The summed E-state index contributed by atoms with van der Waals surface area (Å²) in [5.41, 5.74) is -2.16. The Morgan fingerprint density at radius 3 is 1.57 bits per heavy atom. The number of rotatable bonds is 20. The van der Waals surface area contributed by atoms with E-state index in [-0.39, 0.29) is 21.1 Å². The summed E-state index contributed by atoms with van der Waals surface area (Å²) in [6, 6.07) is 12.4. The number of pyridine rings is 1. The van der Waals surface area contributed by atoms with Crippen molar-refractivity contribution in [2.75, 3.05) is 44.7 Å². The standard InChI is InChI=1S/C11H16ClO2PS3.C10H12BrCl2O3PS.C9H11Cl3NO3PS/c1-3-13-15(16,14-4-2)18-9-17-11-7-5-10(12)6-8-11;1-3-14-17(18,15-4-2)16-10-6-8(12)7(11)5-9(10)13;1-3-14-17(18,15-4-2)16-9-7(11)5-6(10)8(12)13-9/h5-8H,3-4,9H2,1-2H3;5-6H,3-4H2,1-2H3;5H,3-4H2,1-2H3. The first-order valence-corrected chi connectivity index (χ1v) is 29.1. The number of benzene rings is 2. The van der Waals surface area contributed by atoms with Crippen LogP contribution in [0.4, 0.5) is 0 Å². The normalized spacial score (nSPS) is 11.6. The van der Waals surface area contributed by atoms with Crippen LogP contribution in [-0.4, -0.2) is 49.7 Å². The number of halogens is 7. The molecule has 0 fully saturated rings.